The first-order chi connectivity index (χ1) is 14.7. The molecule has 7 nitrogen and oxygen atoms in total. The highest BCUT2D eigenvalue weighted by Gasteiger charge is 2.31. The number of halogens is 1. The Morgan fingerprint density at radius 2 is 1.77 bits per heavy atom. The number of nitrogens with zero attached hydrogens (tertiary/aromatic N) is 2. The molecule has 0 saturated heterocycles. The molecule has 1 unspecified atom stereocenters. The molecule has 2 aromatic carbocycles. The van der Waals surface area contributed by atoms with Crippen molar-refractivity contribution in [3.63, 3.8) is 0 Å². The van der Waals surface area contributed by atoms with Gasteiger partial charge in [-0.15, -0.1) is 0 Å². The van der Waals surface area contributed by atoms with E-state index in [1.54, 1.807) is 24.3 Å². The number of nitrogens with one attached hydrogen (secondary N) is 1. The second-order valence-electron chi connectivity index (χ2n) is 7.11. The lowest BCUT2D eigenvalue weighted by atomic mass is 10.1. The van der Waals surface area contributed by atoms with Crippen molar-refractivity contribution in [2.24, 2.45) is 0 Å². The van der Waals surface area contributed by atoms with Crippen molar-refractivity contribution in [3.05, 3.63) is 64.6 Å². The second kappa shape index (κ2) is 11.3. The Kier molecular flexibility index (Phi) is 9.06. The summed E-state index contributed by atoms with van der Waals surface area (Å²) in [5.41, 5.74) is 1.40. The van der Waals surface area contributed by atoms with Gasteiger partial charge in [0, 0.05) is 18.1 Å². The van der Waals surface area contributed by atoms with E-state index in [9.17, 15) is 18.0 Å². The Morgan fingerprint density at radius 1 is 1.10 bits per heavy atom. The summed E-state index contributed by atoms with van der Waals surface area (Å²) in [5, 5.41) is 2.60. The van der Waals surface area contributed by atoms with E-state index in [0.717, 1.165) is 16.1 Å². The molecule has 0 aliphatic heterocycles. The minimum atomic E-state index is -3.72. The van der Waals surface area contributed by atoms with Crippen LogP contribution in [-0.2, 0) is 26.0 Å². The maximum atomic E-state index is 13.3. The topological polar surface area (TPSA) is 86.8 Å². The van der Waals surface area contributed by atoms with E-state index in [2.05, 4.69) is 21.2 Å². The van der Waals surface area contributed by atoms with Crippen molar-refractivity contribution in [2.45, 2.75) is 25.8 Å². The van der Waals surface area contributed by atoms with E-state index in [-0.39, 0.29) is 5.91 Å². The lowest BCUT2D eigenvalue weighted by Gasteiger charge is -2.32. The summed E-state index contributed by atoms with van der Waals surface area (Å²) in [6.45, 7) is 1.73. The zero-order valence-electron chi connectivity index (χ0n) is 17.9. The van der Waals surface area contributed by atoms with E-state index in [1.807, 2.05) is 37.3 Å². The average molecular weight is 510 g/mol. The normalized spacial score (nSPS) is 12.1. The largest absolute Gasteiger partial charge is 0.357 e. The fraction of sp³-hybridized carbons (Fsp3) is 0.364. The van der Waals surface area contributed by atoms with Crippen molar-refractivity contribution in [2.75, 3.05) is 30.7 Å². The fourth-order valence-corrected chi connectivity index (χ4v) is 4.54. The van der Waals surface area contributed by atoms with Gasteiger partial charge < -0.3 is 10.2 Å². The summed E-state index contributed by atoms with van der Waals surface area (Å²) < 4.78 is 26.7. The number of carbonyl (C=O) groups is 2. The maximum Gasteiger partial charge on any atom is 0.244 e. The highest BCUT2D eigenvalue weighted by atomic mass is 79.9. The van der Waals surface area contributed by atoms with Crippen molar-refractivity contribution >= 4 is 43.5 Å². The summed E-state index contributed by atoms with van der Waals surface area (Å²) >= 11 is 3.34. The third-order valence-corrected chi connectivity index (χ3v) is 6.53. The molecule has 9 heteroatoms. The summed E-state index contributed by atoms with van der Waals surface area (Å²) in [6.07, 6.45) is 2.03. The number of amides is 2. The summed E-state index contributed by atoms with van der Waals surface area (Å²) in [6, 6.07) is 15.7. The Bertz CT molecular complexity index is 999. The molecule has 1 N–H and O–H groups in total. The number of rotatable bonds is 10. The number of hydrogen-bond acceptors (Lipinski definition) is 4. The van der Waals surface area contributed by atoms with Crippen LogP contribution in [-0.4, -0.2) is 57.6 Å². The molecule has 2 amide bonds. The maximum absolute atomic E-state index is 13.3. The molecule has 0 spiro atoms. The molecule has 0 aromatic heterocycles. The van der Waals surface area contributed by atoms with E-state index < -0.39 is 28.5 Å². The van der Waals surface area contributed by atoms with Crippen LogP contribution in [0.1, 0.15) is 18.9 Å². The first-order valence-corrected chi connectivity index (χ1v) is 12.6. The van der Waals surface area contributed by atoms with Gasteiger partial charge in [-0.25, -0.2) is 8.42 Å². The lowest BCUT2D eigenvalue weighted by molar-refractivity contribution is -0.139. The van der Waals surface area contributed by atoms with Crippen LogP contribution >= 0.6 is 15.9 Å². The van der Waals surface area contributed by atoms with Gasteiger partial charge in [-0.1, -0.05) is 59.3 Å². The Labute approximate surface area is 192 Å². The van der Waals surface area contributed by atoms with E-state index in [4.69, 9.17) is 0 Å². The number of anilines is 1. The third kappa shape index (κ3) is 7.07. The van der Waals surface area contributed by atoms with Gasteiger partial charge in [0.25, 0.3) is 0 Å². The van der Waals surface area contributed by atoms with Crippen molar-refractivity contribution in [1.29, 1.82) is 0 Å². The smallest absolute Gasteiger partial charge is 0.244 e. The predicted molar refractivity (Wildman–Crippen MR) is 126 cm³/mol. The Balaban J connectivity index is 2.33. The monoisotopic (exact) mass is 509 g/mol. The molecule has 0 bridgehead atoms. The molecule has 0 radical (unpaired) electrons. The first kappa shape index (κ1) is 24.9. The van der Waals surface area contributed by atoms with Crippen LogP contribution in [0.3, 0.4) is 0 Å². The average Bonchev–Trinajstić information content (AvgIpc) is 2.74. The van der Waals surface area contributed by atoms with Crippen LogP contribution in [0.5, 0.6) is 0 Å². The predicted octanol–water partition coefficient (Wildman–Crippen LogP) is 2.81. The molecule has 0 heterocycles. The number of benzene rings is 2. The molecule has 2 rings (SSSR count). The third-order valence-electron chi connectivity index (χ3n) is 4.89. The van der Waals surface area contributed by atoms with Crippen molar-refractivity contribution in [3.8, 4) is 0 Å². The highest BCUT2D eigenvalue weighted by Crippen LogP contribution is 2.22. The van der Waals surface area contributed by atoms with Gasteiger partial charge in [-0.2, -0.15) is 0 Å². The molecule has 2 aromatic rings. The van der Waals surface area contributed by atoms with Gasteiger partial charge in [0.1, 0.15) is 12.6 Å². The molecule has 0 aliphatic rings. The molecule has 1 atom stereocenters. The molecular weight excluding hydrogens is 482 g/mol. The minimum absolute atomic E-state index is 0.280. The zero-order chi connectivity index (χ0) is 23.0. The summed E-state index contributed by atoms with van der Waals surface area (Å²) in [4.78, 5) is 27.3. The van der Waals surface area contributed by atoms with Gasteiger partial charge >= 0.3 is 0 Å². The molecule has 31 heavy (non-hydrogen) atoms. The molecular formula is C22H28BrN3O4S. The van der Waals surface area contributed by atoms with E-state index in [0.29, 0.717) is 29.5 Å². The number of likely N-dealkylation sites (N-methyl/N-ethyl adjacent to an activating group) is 1. The molecule has 168 valence electrons. The van der Waals surface area contributed by atoms with E-state index >= 15 is 0 Å². The quantitative estimate of drug-likeness (QED) is 0.533. The zero-order valence-corrected chi connectivity index (χ0v) is 20.3. The highest BCUT2D eigenvalue weighted by molar-refractivity contribution is 9.10. The van der Waals surface area contributed by atoms with Crippen LogP contribution < -0.4 is 9.62 Å². The standard InChI is InChI=1S/C22H28BrN3O4S/c1-4-20(22(28)24-2)25(14-13-17-9-6-5-7-10-17)21(27)16-26(31(3,29)30)19-12-8-11-18(23)15-19/h5-12,15,20H,4,13-14,16H2,1-3H3,(H,24,28). The van der Waals surface area contributed by atoms with Crippen LogP contribution in [0.2, 0.25) is 0 Å². The fourth-order valence-electron chi connectivity index (χ4n) is 3.31. The first-order valence-electron chi connectivity index (χ1n) is 9.95. The van der Waals surface area contributed by atoms with Crippen molar-refractivity contribution < 1.29 is 18.0 Å². The van der Waals surface area contributed by atoms with Crippen LogP contribution in [0.25, 0.3) is 0 Å². The number of hydrogen-bond donors (Lipinski definition) is 1. The van der Waals surface area contributed by atoms with Gasteiger partial charge in [0.15, 0.2) is 0 Å². The van der Waals surface area contributed by atoms with Gasteiger partial charge in [-0.05, 0) is 36.6 Å². The minimum Gasteiger partial charge on any atom is -0.357 e. The van der Waals surface area contributed by atoms with Gasteiger partial charge in [0.05, 0.1) is 11.9 Å². The van der Waals surface area contributed by atoms with Gasteiger partial charge in [0.2, 0.25) is 21.8 Å². The SMILES string of the molecule is CCC(C(=O)NC)N(CCc1ccccc1)C(=O)CN(c1cccc(Br)c1)S(C)(=O)=O. The lowest BCUT2D eigenvalue weighted by Crippen LogP contribution is -2.52. The number of sulfonamides is 1. The summed E-state index contributed by atoms with van der Waals surface area (Å²) in [7, 11) is -2.20. The van der Waals surface area contributed by atoms with E-state index in [1.165, 1.54) is 11.9 Å². The second-order valence-corrected chi connectivity index (χ2v) is 9.93. The Hall–Kier alpha value is -2.39. The number of carbonyl (C=O) groups excluding carboxylic acids is 2. The molecule has 0 aliphatic carbocycles. The summed E-state index contributed by atoms with van der Waals surface area (Å²) in [5.74, 6) is -0.714. The van der Waals surface area contributed by atoms with Crippen LogP contribution in [0.4, 0.5) is 5.69 Å². The molecule has 0 fully saturated rings. The van der Waals surface area contributed by atoms with Crippen LogP contribution in [0, 0.1) is 0 Å². The van der Waals surface area contributed by atoms with Crippen LogP contribution in [0.15, 0.2) is 59.1 Å². The molecule has 0 saturated carbocycles. The Morgan fingerprint density at radius 3 is 2.32 bits per heavy atom. The van der Waals surface area contributed by atoms with Crippen molar-refractivity contribution in [1.82, 2.24) is 10.2 Å². The van der Waals surface area contributed by atoms with Gasteiger partial charge in [-0.3, -0.25) is 13.9 Å².